The van der Waals surface area contributed by atoms with Crippen LogP contribution >= 0.6 is 0 Å². The first-order valence-electron chi connectivity index (χ1n) is 9.58. The molecule has 150 valence electrons. The molecule has 2 fully saturated rings. The third-order valence-corrected chi connectivity index (χ3v) is 5.77. The van der Waals surface area contributed by atoms with Crippen LogP contribution < -0.4 is 10.3 Å². The fraction of sp³-hybridized carbons (Fsp3) is 0.500. The van der Waals surface area contributed by atoms with Crippen LogP contribution in [0.3, 0.4) is 0 Å². The summed E-state index contributed by atoms with van der Waals surface area (Å²) in [5.74, 6) is -1.83. The number of aromatic carboxylic acids is 1. The summed E-state index contributed by atoms with van der Waals surface area (Å²) < 4.78 is 16.8. The lowest BCUT2D eigenvalue weighted by Crippen LogP contribution is -2.55. The Morgan fingerprint density at radius 1 is 1.29 bits per heavy atom. The van der Waals surface area contributed by atoms with E-state index in [0.29, 0.717) is 30.8 Å². The van der Waals surface area contributed by atoms with Gasteiger partial charge in [-0.25, -0.2) is 9.18 Å². The zero-order chi connectivity index (χ0) is 20.2. The van der Waals surface area contributed by atoms with Crippen LogP contribution in [0.1, 0.15) is 43.1 Å². The maximum Gasteiger partial charge on any atom is 0.341 e. The number of nitrogens with zero attached hydrogens (tertiary/aromatic N) is 3. The van der Waals surface area contributed by atoms with Crippen molar-refractivity contribution in [3.8, 4) is 0 Å². The van der Waals surface area contributed by atoms with Crippen LogP contribution in [0, 0.1) is 5.82 Å². The number of carboxylic acid groups (broad SMARTS) is 1. The van der Waals surface area contributed by atoms with Gasteiger partial charge in [-0.2, -0.15) is 0 Å². The van der Waals surface area contributed by atoms with E-state index in [4.69, 9.17) is 0 Å². The number of carboxylic acids is 1. The molecule has 1 aromatic heterocycles. The molecule has 2 heterocycles. The molecule has 1 aliphatic heterocycles. The Hall–Kier alpha value is -2.45. The van der Waals surface area contributed by atoms with Crippen molar-refractivity contribution in [1.29, 1.82) is 0 Å². The Labute approximate surface area is 161 Å². The first kappa shape index (κ1) is 18.9. The van der Waals surface area contributed by atoms with E-state index < -0.39 is 23.4 Å². The molecular formula is C20H24FN3O4. The number of benzene rings is 1. The molecule has 4 rings (SSSR count). The molecule has 2 atom stereocenters. The molecule has 0 spiro atoms. The Balaban J connectivity index is 1.80. The van der Waals surface area contributed by atoms with Gasteiger partial charge < -0.3 is 19.7 Å². The van der Waals surface area contributed by atoms with Crippen molar-refractivity contribution in [2.75, 3.05) is 24.5 Å². The van der Waals surface area contributed by atoms with Crippen LogP contribution in [0.15, 0.2) is 23.1 Å². The summed E-state index contributed by atoms with van der Waals surface area (Å²) in [5.41, 5.74) is -0.0103. The third-order valence-electron chi connectivity index (χ3n) is 5.77. The highest BCUT2D eigenvalue weighted by Gasteiger charge is 2.30. The van der Waals surface area contributed by atoms with Gasteiger partial charge in [0, 0.05) is 43.3 Å². The van der Waals surface area contributed by atoms with E-state index in [-0.39, 0.29) is 23.0 Å². The van der Waals surface area contributed by atoms with Crippen LogP contribution in [0.25, 0.3) is 10.9 Å². The fourth-order valence-electron chi connectivity index (χ4n) is 4.15. The van der Waals surface area contributed by atoms with Crippen LogP contribution in [0.4, 0.5) is 10.1 Å². The average Bonchev–Trinajstić information content (AvgIpc) is 3.46. The minimum atomic E-state index is -1.30. The summed E-state index contributed by atoms with van der Waals surface area (Å²) in [4.78, 5) is 27.9. The number of fused-ring (bicyclic) bond motifs is 1. The lowest BCUT2D eigenvalue weighted by molar-refractivity contribution is -0.0120. The summed E-state index contributed by atoms with van der Waals surface area (Å²) in [6, 6.07) is 3.03. The number of halogens is 1. The molecule has 1 saturated carbocycles. The Bertz CT molecular complexity index is 999. The second kappa shape index (κ2) is 6.86. The summed E-state index contributed by atoms with van der Waals surface area (Å²) in [7, 11) is 0. The van der Waals surface area contributed by atoms with Gasteiger partial charge in [0.1, 0.15) is 17.6 Å². The number of carbonyl (C=O) groups is 1. The molecule has 8 heteroatoms. The minimum absolute atomic E-state index is 0.0452. The Morgan fingerprint density at radius 2 is 2.00 bits per heavy atom. The molecule has 2 N–H and O–H groups in total. The van der Waals surface area contributed by atoms with E-state index in [1.54, 1.807) is 17.6 Å². The molecule has 1 saturated heterocycles. The molecule has 28 heavy (non-hydrogen) atoms. The topological polar surface area (TPSA) is 86.0 Å². The normalized spacial score (nSPS) is 21.9. The van der Waals surface area contributed by atoms with E-state index in [1.807, 2.05) is 16.7 Å². The Kier molecular flexibility index (Phi) is 4.63. The maximum atomic E-state index is 14.9. The molecule has 7 nitrogen and oxygen atoms in total. The first-order chi connectivity index (χ1) is 13.3. The number of hydrogen-bond donors (Lipinski definition) is 2. The predicted molar refractivity (Wildman–Crippen MR) is 103 cm³/mol. The number of pyridine rings is 1. The fourth-order valence-corrected chi connectivity index (χ4v) is 4.15. The molecule has 2 unspecified atom stereocenters. The van der Waals surface area contributed by atoms with Gasteiger partial charge in [0.05, 0.1) is 11.2 Å². The van der Waals surface area contributed by atoms with Crippen LogP contribution in [-0.4, -0.2) is 57.6 Å². The van der Waals surface area contributed by atoms with Gasteiger partial charge in [-0.1, -0.05) is 0 Å². The number of rotatable bonds is 4. The SMILES string of the molecule is CC(O)N1CCN(c2cc3c(cc2F)c(=O)c(C(=O)O)cn3C2CC2)CC1C. The van der Waals surface area contributed by atoms with E-state index in [9.17, 15) is 24.2 Å². The highest BCUT2D eigenvalue weighted by atomic mass is 19.1. The number of aliphatic hydroxyl groups is 1. The molecular weight excluding hydrogens is 365 g/mol. The zero-order valence-electron chi connectivity index (χ0n) is 15.9. The van der Waals surface area contributed by atoms with E-state index >= 15 is 0 Å². The lowest BCUT2D eigenvalue weighted by Gasteiger charge is -2.42. The van der Waals surface area contributed by atoms with Crippen LogP contribution in [-0.2, 0) is 0 Å². The van der Waals surface area contributed by atoms with Gasteiger partial charge in [-0.15, -0.1) is 0 Å². The third kappa shape index (κ3) is 3.16. The number of piperazine rings is 1. The van der Waals surface area contributed by atoms with Gasteiger partial charge in [-0.3, -0.25) is 9.69 Å². The number of aromatic nitrogens is 1. The molecule has 2 aliphatic rings. The molecule has 1 aliphatic carbocycles. The van der Waals surface area contributed by atoms with E-state index in [1.165, 1.54) is 12.3 Å². The van der Waals surface area contributed by atoms with Crippen molar-refractivity contribution in [2.45, 2.75) is 45.0 Å². The van der Waals surface area contributed by atoms with Gasteiger partial charge in [0.15, 0.2) is 0 Å². The lowest BCUT2D eigenvalue weighted by atomic mass is 10.1. The van der Waals surface area contributed by atoms with Gasteiger partial charge >= 0.3 is 5.97 Å². The minimum Gasteiger partial charge on any atom is -0.477 e. The first-order valence-corrected chi connectivity index (χ1v) is 9.58. The monoisotopic (exact) mass is 389 g/mol. The summed E-state index contributed by atoms with van der Waals surface area (Å²) in [6.07, 6.45) is 2.65. The summed E-state index contributed by atoms with van der Waals surface area (Å²) >= 11 is 0. The number of hydrogen-bond acceptors (Lipinski definition) is 5. The van der Waals surface area contributed by atoms with Crippen LogP contribution in [0.2, 0.25) is 0 Å². The van der Waals surface area contributed by atoms with Crippen molar-refractivity contribution in [2.24, 2.45) is 0 Å². The van der Waals surface area contributed by atoms with Gasteiger partial charge in [0.25, 0.3) is 0 Å². The molecule has 0 radical (unpaired) electrons. The van der Waals surface area contributed by atoms with Crippen LogP contribution in [0.5, 0.6) is 0 Å². The summed E-state index contributed by atoms with van der Waals surface area (Å²) in [5, 5.41) is 19.3. The number of anilines is 1. The van der Waals surface area contributed by atoms with Crippen molar-refractivity contribution < 1.29 is 19.4 Å². The predicted octanol–water partition coefficient (Wildman–Crippen LogP) is 2.02. The molecule has 0 amide bonds. The second-order valence-corrected chi connectivity index (χ2v) is 7.80. The van der Waals surface area contributed by atoms with E-state index in [0.717, 1.165) is 12.8 Å². The smallest absolute Gasteiger partial charge is 0.341 e. The van der Waals surface area contributed by atoms with E-state index in [2.05, 4.69) is 0 Å². The second-order valence-electron chi connectivity index (χ2n) is 7.80. The average molecular weight is 389 g/mol. The Morgan fingerprint density at radius 3 is 2.57 bits per heavy atom. The zero-order valence-corrected chi connectivity index (χ0v) is 15.9. The summed E-state index contributed by atoms with van der Waals surface area (Å²) in [6.45, 7) is 5.41. The van der Waals surface area contributed by atoms with Gasteiger partial charge in [0.2, 0.25) is 5.43 Å². The molecule has 1 aromatic carbocycles. The van der Waals surface area contributed by atoms with Crippen molar-refractivity contribution in [3.63, 3.8) is 0 Å². The largest absolute Gasteiger partial charge is 0.477 e. The molecule has 2 aromatic rings. The van der Waals surface area contributed by atoms with Crippen molar-refractivity contribution in [3.05, 3.63) is 39.9 Å². The quantitative estimate of drug-likeness (QED) is 0.832. The standard InChI is InChI=1S/C20H24FN3O4/c1-11-9-22(5-6-23(11)12(2)25)18-8-17-14(7-16(18)21)19(26)15(20(27)28)10-24(17)13-3-4-13/h7-8,10-13,25H,3-6,9H2,1-2H3,(H,27,28). The van der Waals surface area contributed by atoms with Gasteiger partial charge in [-0.05, 0) is 38.8 Å². The van der Waals surface area contributed by atoms with Crippen molar-refractivity contribution >= 4 is 22.6 Å². The molecule has 0 bridgehead atoms. The highest BCUT2D eigenvalue weighted by molar-refractivity contribution is 5.93. The number of aliphatic hydroxyl groups excluding tert-OH is 1. The van der Waals surface area contributed by atoms with Crippen molar-refractivity contribution in [1.82, 2.24) is 9.47 Å². The highest BCUT2D eigenvalue weighted by Crippen LogP contribution is 2.38. The maximum absolute atomic E-state index is 14.9.